The van der Waals surface area contributed by atoms with E-state index in [1.165, 1.54) is 0 Å². The highest BCUT2D eigenvalue weighted by molar-refractivity contribution is 5.87. The lowest BCUT2D eigenvalue weighted by molar-refractivity contribution is -0.494. The second-order valence-electron chi connectivity index (χ2n) is 12.1. The van der Waals surface area contributed by atoms with Crippen molar-refractivity contribution >= 4 is 5.97 Å². The van der Waals surface area contributed by atoms with Gasteiger partial charge in [-0.2, -0.15) is 162 Å². The van der Waals surface area contributed by atoms with Crippen LogP contribution in [0.3, 0.4) is 0 Å². The number of ether oxygens (including phenoxy) is 1. The molecular weight excluding hydrogens is 1020 g/mol. The molecule has 0 radical (unpaired) electrons. The van der Waals surface area contributed by atoms with Gasteiger partial charge in [0.05, 0.1) is 0 Å². The molecule has 376 valence electrons. The van der Waals surface area contributed by atoms with Crippen molar-refractivity contribution in [1.82, 2.24) is 0 Å². The van der Waals surface area contributed by atoms with E-state index in [1.54, 1.807) is 0 Å². The smallest absolute Gasteiger partial charge is 0.453 e. The van der Waals surface area contributed by atoms with Crippen LogP contribution < -0.4 is 0 Å². The van der Waals surface area contributed by atoms with Crippen molar-refractivity contribution < 1.29 is 172 Å². The Kier molecular flexibility index (Phi) is 14.0. The summed E-state index contributed by atoms with van der Waals surface area (Å²) in [5.74, 6) is -169. The van der Waals surface area contributed by atoms with Gasteiger partial charge in [0.1, 0.15) is 0 Å². The number of carbonyl (C=O) groups excluding carboxylic acids is 1. The van der Waals surface area contributed by atoms with E-state index < -0.39 is 131 Å². The van der Waals surface area contributed by atoms with E-state index in [0.717, 1.165) is 0 Å². The number of alkyl halides is 37. The minimum absolute atomic E-state index is 0.371. The van der Waals surface area contributed by atoms with Crippen molar-refractivity contribution in [3.05, 3.63) is 12.2 Å². The van der Waals surface area contributed by atoms with Crippen LogP contribution in [-0.4, -0.2) is 119 Å². The predicted molar refractivity (Wildman–Crippen MR) is 121 cm³/mol. The third kappa shape index (κ3) is 7.02. The summed E-state index contributed by atoms with van der Waals surface area (Å²) in [6.07, 6.45) is -12.9. The van der Waals surface area contributed by atoms with E-state index in [2.05, 4.69) is 11.3 Å². The third-order valence-corrected chi connectivity index (χ3v) is 7.83. The number of esters is 1. The molecule has 0 amide bonds. The number of rotatable bonds is 19. The van der Waals surface area contributed by atoms with E-state index in [-0.39, 0.29) is 0 Å². The molecule has 0 fully saturated rings. The molecule has 39 heteroatoms. The fourth-order valence-corrected chi connectivity index (χ4v) is 3.74. The molecule has 0 saturated heterocycles. The molecule has 0 aromatic rings. The minimum Gasteiger partial charge on any atom is -0.453 e. The standard InChI is InChI=1S/C24H9F37O2/c1-4(2)6(62)63-5(3)7(25,26)8(27,28)9(29,30)10(31,32)11(33,34)12(35,36)13(37,38)14(39,40)15(41,42)16(43,44)17(45,46)18(47,48)19(49,50)20(51,52)21(53,54)22(55,56)23(57,58)24(59,60)61/h5H,1H2,2-3H3. The lowest BCUT2D eigenvalue weighted by Gasteiger charge is -2.47. The molecule has 0 bridgehead atoms. The van der Waals surface area contributed by atoms with Crippen molar-refractivity contribution in [2.45, 2.75) is 127 Å². The van der Waals surface area contributed by atoms with Crippen LogP contribution in [0.4, 0.5) is 162 Å². The Bertz CT molecular complexity index is 1710. The van der Waals surface area contributed by atoms with E-state index in [0.29, 0.717) is 6.92 Å². The fourth-order valence-electron chi connectivity index (χ4n) is 3.74. The van der Waals surface area contributed by atoms with Gasteiger partial charge >= 0.3 is 113 Å². The Hall–Kier alpha value is -3.38. The molecule has 0 aromatic heterocycles. The summed E-state index contributed by atoms with van der Waals surface area (Å²) in [4.78, 5) is 11.2. The Morgan fingerprint density at radius 3 is 0.603 bits per heavy atom. The van der Waals surface area contributed by atoms with Gasteiger partial charge in [0.25, 0.3) is 0 Å². The molecule has 0 heterocycles. The molecule has 0 aliphatic carbocycles. The van der Waals surface area contributed by atoms with Gasteiger partial charge in [0, 0.05) is 5.57 Å². The third-order valence-electron chi connectivity index (χ3n) is 7.83. The van der Waals surface area contributed by atoms with Gasteiger partial charge in [-0.05, 0) is 13.8 Å². The molecule has 1 atom stereocenters. The average molecular weight is 1030 g/mol. The number of halogens is 37. The fraction of sp³-hybridized carbons (Fsp3) is 0.875. The zero-order chi connectivity index (χ0) is 52.4. The minimum atomic E-state index is -10.5. The topological polar surface area (TPSA) is 26.3 Å². The van der Waals surface area contributed by atoms with Crippen LogP contribution in [0, 0.1) is 0 Å². The lowest BCUT2D eigenvalue weighted by Crippen LogP contribution is -2.80. The second kappa shape index (κ2) is 14.8. The van der Waals surface area contributed by atoms with Crippen LogP contribution >= 0.6 is 0 Å². The quantitative estimate of drug-likeness (QED) is 0.0732. The van der Waals surface area contributed by atoms with Gasteiger partial charge in [0.2, 0.25) is 0 Å². The van der Waals surface area contributed by atoms with Crippen molar-refractivity contribution in [1.29, 1.82) is 0 Å². The molecule has 1 unspecified atom stereocenters. The first kappa shape index (κ1) is 59.6. The Morgan fingerprint density at radius 1 is 0.317 bits per heavy atom. The van der Waals surface area contributed by atoms with Crippen molar-refractivity contribution in [2.24, 2.45) is 0 Å². The van der Waals surface area contributed by atoms with E-state index in [9.17, 15) is 167 Å². The first-order valence-corrected chi connectivity index (χ1v) is 13.9. The van der Waals surface area contributed by atoms with Crippen LogP contribution in [0.5, 0.6) is 0 Å². The number of hydrogen-bond donors (Lipinski definition) is 0. The Morgan fingerprint density at radius 2 is 0.460 bits per heavy atom. The molecule has 0 aromatic carbocycles. The predicted octanol–water partition coefficient (Wildman–Crippen LogP) is 12.9. The highest BCUT2D eigenvalue weighted by Crippen LogP contribution is 2.70. The summed E-state index contributed by atoms with van der Waals surface area (Å²) in [6.45, 7) is 2.09. The highest BCUT2D eigenvalue weighted by Gasteiger charge is 3.02. The van der Waals surface area contributed by atoms with Crippen LogP contribution in [0.25, 0.3) is 0 Å². The SMILES string of the molecule is C=C(C)C(=O)OC(C)C(F)(F)C(F)(F)C(F)(F)C(F)(F)C(F)(F)C(F)(F)C(F)(F)C(F)(F)C(F)(F)C(F)(F)C(F)(F)C(F)(F)C(F)(F)C(F)(F)C(F)(F)C(F)(F)C(F)(F)C(F)(F)F. The van der Waals surface area contributed by atoms with Gasteiger partial charge in [-0.25, -0.2) is 4.79 Å². The maximum Gasteiger partial charge on any atom is 0.460 e. The van der Waals surface area contributed by atoms with E-state index in [4.69, 9.17) is 0 Å². The van der Waals surface area contributed by atoms with Gasteiger partial charge in [-0.15, -0.1) is 0 Å². The zero-order valence-electron chi connectivity index (χ0n) is 28.1. The monoisotopic (exact) mass is 1030 g/mol. The summed E-state index contributed by atoms with van der Waals surface area (Å²) >= 11 is 0. The maximum atomic E-state index is 14.1. The molecular formula is C24H9F37O2. The Balaban J connectivity index is 7.87. The first-order chi connectivity index (χ1) is 26.5. The number of hydrogen-bond acceptors (Lipinski definition) is 2. The van der Waals surface area contributed by atoms with E-state index >= 15 is 0 Å². The number of carbonyl (C=O) groups is 1. The van der Waals surface area contributed by atoms with Crippen LogP contribution in [0.1, 0.15) is 13.8 Å². The molecule has 0 saturated carbocycles. The van der Waals surface area contributed by atoms with Gasteiger partial charge < -0.3 is 4.74 Å². The zero-order valence-corrected chi connectivity index (χ0v) is 28.1. The van der Waals surface area contributed by atoms with Crippen molar-refractivity contribution in [3.63, 3.8) is 0 Å². The summed E-state index contributed by atoms with van der Waals surface area (Å²) in [5.41, 5.74) is -1.23. The largest absolute Gasteiger partial charge is 0.460 e. The summed E-state index contributed by atoms with van der Waals surface area (Å²) < 4.78 is 511. The van der Waals surface area contributed by atoms with Gasteiger partial charge in [-0.3, -0.25) is 0 Å². The molecule has 0 aliphatic rings. The van der Waals surface area contributed by atoms with E-state index in [1.807, 2.05) is 0 Å². The first-order valence-electron chi connectivity index (χ1n) is 13.9. The van der Waals surface area contributed by atoms with Crippen molar-refractivity contribution in [2.75, 3.05) is 0 Å². The molecule has 0 aliphatic heterocycles. The van der Waals surface area contributed by atoms with Gasteiger partial charge in [0.15, 0.2) is 6.10 Å². The molecule has 0 N–H and O–H groups in total. The molecule has 0 rings (SSSR count). The second-order valence-corrected chi connectivity index (χ2v) is 12.1. The van der Waals surface area contributed by atoms with Crippen molar-refractivity contribution in [3.8, 4) is 0 Å². The van der Waals surface area contributed by atoms with Crippen LogP contribution in [0.2, 0.25) is 0 Å². The lowest BCUT2D eigenvalue weighted by atomic mass is 9.82. The maximum absolute atomic E-state index is 14.1. The van der Waals surface area contributed by atoms with Crippen LogP contribution in [-0.2, 0) is 9.53 Å². The average Bonchev–Trinajstić information content (AvgIpc) is 3.05. The van der Waals surface area contributed by atoms with Gasteiger partial charge in [-0.1, -0.05) is 6.58 Å². The highest BCUT2D eigenvalue weighted by atomic mass is 19.4. The Labute approximate surface area is 318 Å². The molecule has 0 spiro atoms. The normalized spacial score (nSPS) is 17.2. The molecule has 63 heavy (non-hydrogen) atoms. The molecule has 2 nitrogen and oxygen atoms in total. The van der Waals surface area contributed by atoms with Crippen LogP contribution in [0.15, 0.2) is 12.2 Å². The summed E-state index contributed by atoms with van der Waals surface area (Å²) in [6, 6.07) is 0. The summed E-state index contributed by atoms with van der Waals surface area (Å²) in [7, 11) is 0. The summed E-state index contributed by atoms with van der Waals surface area (Å²) in [5, 5.41) is 0.